The maximum absolute atomic E-state index is 8.49. The van der Waals surface area contributed by atoms with E-state index >= 15 is 0 Å². The third kappa shape index (κ3) is 22.1. The van der Waals surface area contributed by atoms with Crippen molar-refractivity contribution in [2.45, 2.75) is 105 Å². The molecule has 6 heteroatoms. The lowest BCUT2D eigenvalue weighted by atomic mass is 10.1. The fourth-order valence-electron chi connectivity index (χ4n) is 3.38. The van der Waals surface area contributed by atoms with Crippen molar-refractivity contribution in [2.75, 3.05) is 26.2 Å². The summed E-state index contributed by atoms with van der Waals surface area (Å²) in [4.78, 5) is 0. The van der Waals surface area contributed by atoms with Gasteiger partial charge in [-0.3, -0.25) is 0 Å². The molecule has 0 saturated carbocycles. The summed E-state index contributed by atoms with van der Waals surface area (Å²) in [5.74, 6) is 0. The molecule has 0 aromatic rings. The molecule has 0 aromatic carbocycles. The van der Waals surface area contributed by atoms with Gasteiger partial charge in [0, 0.05) is 0 Å². The monoisotopic (exact) mass is 397 g/mol. The summed E-state index contributed by atoms with van der Waals surface area (Å²) in [5, 5.41) is 0. The van der Waals surface area contributed by atoms with E-state index in [1.807, 2.05) is 0 Å². The van der Waals surface area contributed by atoms with Crippen molar-refractivity contribution in [3.8, 4) is 0 Å². The van der Waals surface area contributed by atoms with Crippen LogP contribution in [0.5, 0.6) is 0 Å². The summed E-state index contributed by atoms with van der Waals surface area (Å²) in [6, 6.07) is 0. The minimum absolute atomic E-state index is 1.36. The molecule has 5 nitrogen and oxygen atoms in total. The van der Waals surface area contributed by atoms with E-state index in [1.54, 1.807) is 0 Å². The van der Waals surface area contributed by atoms with E-state index in [0.717, 1.165) is 0 Å². The Hall–Kier alpha value is 0.0900. The number of quaternary nitrogens is 1. The minimum Gasteiger partial charge on any atom is -0.324 e. The topological polar surface area (TPSA) is 92.2 Å². The molecule has 0 aliphatic heterocycles. The van der Waals surface area contributed by atoms with Crippen LogP contribution in [0.4, 0.5) is 0 Å². The van der Waals surface area contributed by atoms with Gasteiger partial charge in [0.05, 0.1) is 26.2 Å². The Balaban J connectivity index is 0. The van der Waals surface area contributed by atoms with Gasteiger partial charge in [0.2, 0.25) is 0 Å². The minimum atomic E-state index is -4.94. The third-order valence-corrected chi connectivity index (χ3v) is 4.94. The molecule has 0 N–H and O–H groups in total. The smallest absolute Gasteiger partial charge is 0.0786 e. The molecular weight excluding hydrogens is 354 g/mol. The zero-order chi connectivity index (χ0) is 20.3. The molecule has 0 bridgehead atoms. The molecule has 0 unspecified atom stereocenters. The number of hydrogen-bond acceptors (Lipinski definition) is 4. The Morgan fingerprint density at radius 1 is 0.462 bits per heavy atom. The van der Waals surface area contributed by atoms with Crippen molar-refractivity contribution in [1.29, 1.82) is 0 Å². The van der Waals surface area contributed by atoms with Crippen LogP contribution in [0.25, 0.3) is 0 Å². The van der Waals surface area contributed by atoms with Crippen molar-refractivity contribution < 1.29 is 33.4 Å². The van der Waals surface area contributed by atoms with Gasteiger partial charge < -0.3 is 4.48 Å². The molecule has 160 valence electrons. The fourth-order valence-corrected chi connectivity index (χ4v) is 3.38. The highest BCUT2D eigenvalue weighted by atomic mass is 35.7. The summed E-state index contributed by atoms with van der Waals surface area (Å²) in [6.07, 6.45) is 17.0. The summed E-state index contributed by atoms with van der Waals surface area (Å²) in [5.41, 5.74) is 0. The van der Waals surface area contributed by atoms with Crippen LogP contribution in [0.1, 0.15) is 105 Å². The zero-order valence-electron chi connectivity index (χ0n) is 17.8. The van der Waals surface area contributed by atoms with Crippen molar-refractivity contribution in [3.05, 3.63) is 0 Å². The third-order valence-electron chi connectivity index (χ3n) is 4.94. The van der Waals surface area contributed by atoms with Gasteiger partial charge in [-0.15, -0.1) is 10.2 Å². The van der Waals surface area contributed by atoms with Gasteiger partial charge in [-0.05, 0) is 32.1 Å². The van der Waals surface area contributed by atoms with Crippen LogP contribution in [0.3, 0.4) is 0 Å². The van der Waals surface area contributed by atoms with Gasteiger partial charge >= 0.3 is 0 Å². The largest absolute Gasteiger partial charge is 0.324 e. The molecule has 0 amide bonds. The Morgan fingerprint density at radius 3 is 1.08 bits per heavy atom. The highest BCUT2D eigenvalue weighted by Gasteiger charge is 2.24. The first-order valence-corrected chi connectivity index (χ1v) is 11.9. The van der Waals surface area contributed by atoms with Crippen molar-refractivity contribution in [2.24, 2.45) is 0 Å². The van der Waals surface area contributed by atoms with Crippen molar-refractivity contribution >= 4 is 0 Å². The molecule has 0 heterocycles. The molecule has 0 aromatic heterocycles. The lowest BCUT2D eigenvalue weighted by Crippen LogP contribution is -2.68. The van der Waals surface area contributed by atoms with Crippen LogP contribution in [0.15, 0.2) is 0 Å². The van der Waals surface area contributed by atoms with Crippen LogP contribution in [-0.4, -0.2) is 30.7 Å². The molecule has 0 saturated heterocycles. The predicted molar refractivity (Wildman–Crippen MR) is 97.8 cm³/mol. The number of nitrogens with zero attached hydrogens (tertiary/aromatic N) is 1. The molecule has 26 heavy (non-hydrogen) atoms. The first kappa shape index (κ1) is 28.3. The van der Waals surface area contributed by atoms with E-state index in [-0.39, 0.29) is 0 Å². The van der Waals surface area contributed by atoms with Crippen LogP contribution in [0.2, 0.25) is 0 Å². The number of hydrogen-bond donors (Lipinski definition) is 0. The van der Waals surface area contributed by atoms with E-state index in [1.165, 1.54) is 108 Å². The maximum Gasteiger partial charge on any atom is 0.0786 e. The van der Waals surface area contributed by atoms with E-state index in [2.05, 4.69) is 27.7 Å². The SMILES string of the molecule is CCCCCCCC[N+](CCCC)(CCCC)CCCC.[O-][Cl+3]([O-])([O-])[O-]. The quantitative estimate of drug-likeness (QED) is 0.293. The Kier molecular flexibility index (Phi) is 20.1. The highest BCUT2D eigenvalue weighted by molar-refractivity contribution is 4.51. The first-order chi connectivity index (χ1) is 12.2. The summed E-state index contributed by atoms with van der Waals surface area (Å²) < 4.78 is 35.4. The summed E-state index contributed by atoms with van der Waals surface area (Å²) >= 11 is 0. The molecule has 0 aliphatic rings. The number of unbranched alkanes of at least 4 members (excludes halogenated alkanes) is 8. The Morgan fingerprint density at radius 2 is 0.731 bits per heavy atom. The van der Waals surface area contributed by atoms with Gasteiger partial charge in [-0.25, -0.2) is 18.6 Å². The van der Waals surface area contributed by atoms with Crippen LogP contribution >= 0.6 is 0 Å². The van der Waals surface area contributed by atoms with Crippen LogP contribution in [0, 0.1) is 10.2 Å². The average molecular weight is 398 g/mol. The Bertz CT molecular complexity index is 258. The molecule has 0 atom stereocenters. The second kappa shape index (κ2) is 18.5. The predicted octanol–water partition coefficient (Wildman–Crippen LogP) is 1.81. The standard InChI is InChI=1S/C20H44N.ClHO4/c1-5-9-13-14-15-16-20-21(17-10-6-2,18-11-7-3)19-12-8-4;2-1(3,4)5/h5-20H2,1-4H3;(H,2,3,4,5)/q+1;/p-1. The molecular formula is C20H44ClNO4. The van der Waals surface area contributed by atoms with Gasteiger partial charge in [0.1, 0.15) is 0 Å². The normalized spacial score (nSPS) is 12.0. The summed E-state index contributed by atoms with van der Waals surface area (Å²) in [6.45, 7) is 15.1. The number of rotatable bonds is 16. The van der Waals surface area contributed by atoms with Crippen molar-refractivity contribution in [3.63, 3.8) is 0 Å². The molecule has 0 rings (SSSR count). The van der Waals surface area contributed by atoms with Crippen LogP contribution < -0.4 is 18.6 Å². The highest BCUT2D eigenvalue weighted by Crippen LogP contribution is 2.17. The number of halogens is 1. The first-order valence-electron chi connectivity index (χ1n) is 10.7. The van der Waals surface area contributed by atoms with Gasteiger partial charge in [0.25, 0.3) is 0 Å². The Labute approximate surface area is 164 Å². The summed E-state index contributed by atoms with van der Waals surface area (Å²) in [7, 11) is -4.94. The van der Waals surface area contributed by atoms with Crippen LogP contribution in [-0.2, 0) is 0 Å². The van der Waals surface area contributed by atoms with E-state index < -0.39 is 10.2 Å². The average Bonchev–Trinajstić information content (AvgIpc) is 2.57. The second-order valence-electron chi connectivity index (χ2n) is 7.44. The van der Waals surface area contributed by atoms with E-state index in [0.29, 0.717) is 0 Å². The molecule has 0 aliphatic carbocycles. The zero-order valence-corrected chi connectivity index (χ0v) is 18.5. The van der Waals surface area contributed by atoms with Gasteiger partial charge in [-0.1, -0.05) is 72.6 Å². The molecule has 0 spiro atoms. The second-order valence-corrected chi connectivity index (χ2v) is 8.20. The van der Waals surface area contributed by atoms with E-state index in [9.17, 15) is 0 Å². The van der Waals surface area contributed by atoms with Gasteiger partial charge in [-0.2, -0.15) is 0 Å². The van der Waals surface area contributed by atoms with Gasteiger partial charge in [0.15, 0.2) is 0 Å². The lowest BCUT2D eigenvalue weighted by Gasteiger charge is -2.39. The van der Waals surface area contributed by atoms with E-state index in [4.69, 9.17) is 18.6 Å². The molecule has 0 fully saturated rings. The van der Waals surface area contributed by atoms with Crippen molar-refractivity contribution in [1.82, 2.24) is 0 Å². The molecule has 0 radical (unpaired) electrons. The maximum atomic E-state index is 8.49. The fraction of sp³-hybridized carbons (Fsp3) is 1.00. The lowest BCUT2D eigenvalue weighted by molar-refractivity contribution is -2.00.